The van der Waals surface area contributed by atoms with Gasteiger partial charge in [-0.25, -0.2) is 5.01 Å². The zero-order valence-electron chi connectivity index (χ0n) is 6.64. The van der Waals surface area contributed by atoms with Crippen LogP contribution in [0.5, 0.6) is 0 Å². The van der Waals surface area contributed by atoms with Crippen molar-refractivity contribution in [3.05, 3.63) is 34.2 Å². The van der Waals surface area contributed by atoms with Crippen molar-refractivity contribution in [2.75, 3.05) is 11.6 Å². The predicted octanol–water partition coefficient (Wildman–Crippen LogP) is 2.35. The molecule has 0 aliphatic heterocycles. The van der Waals surface area contributed by atoms with Gasteiger partial charge in [0.15, 0.2) is 0 Å². The van der Waals surface area contributed by atoms with Gasteiger partial charge in [0.25, 0.3) is 0 Å². The van der Waals surface area contributed by atoms with Gasteiger partial charge in [0.05, 0.1) is 17.0 Å². The molecule has 1 rings (SSSR count). The Balaban J connectivity index is 2.92. The molecule has 66 valence electrons. The van der Waals surface area contributed by atoms with Gasteiger partial charge in [0, 0.05) is 5.02 Å². The van der Waals surface area contributed by atoms with E-state index < -0.39 is 0 Å². The van der Waals surface area contributed by atoms with Crippen molar-refractivity contribution >= 4 is 17.3 Å². The summed E-state index contributed by atoms with van der Waals surface area (Å²) in [4.78, 5) is 10.3. The molecule has 0 fully saturated rings. The molecular weight excluding hydrogens is 190 g/mol. The van der Waals surface area contributed by atoms with Crippen molar-refractivity contribution in [1.82, 2.24) is 0 Å². The van der Waals surface area contributed by atoms with E-state index in [1.807, 2.05) is 6.07 Å². The first kappa shape index (κ1) is 9.49. The summed E-state index contributed by atoms with van der Waals surface area (Å²) in [7, 11) is 0. The van der Waals surface area contributed by atoms with Crippen LogP contribution in [0.15, 0.2) is 29.6 Å². The lowest BCUT2D eigenvalue weighted by atomic mass is 10.3. The lowest BCUT2D eigenvalue weighted by molar-refractivity contribution is 0.937. The second kappa shape index (κ2) is 4.43. The van der Waals surface area contributed by atoms with E-state index in [4.69, 9.17) is 16.9 Å². The highest BCUT2D eigenvalue weighted by atomic mass is 35.5. The minimum absolute atomic E-state index is 0.0795. The first-order valence-corrected chi connectivity index (χ1v) is 3.89. The monoisotopic (exact) mass is 195 g/mol. The van der Waals surface area contributed by atoms with E-state index in [1.54, 1.807) is 24.3 Å². The number of hydrogen-bond donors (Lipinski definition) is 0. The molecule has 5 heteroatoms. The normalized spacial score (nSPS) is 8.92. The molecule has 1 aromatic carbocycles. The highest BCUT2D eigenvalue weighted by molar-refractivity contribution is 6.30. The molecule has 0 aliphatic rings. The zero-order chi connectivity index (χ0) is 9.68. The quantitative estimate of drug-likeness (QED) is 0.423. The molecule has 0 bridgehead atoms. The maximum atomic E-state index is 10.3. The van der Waals surface area contributed by atoms with Crippen molar-refractivity contribution in [3.63, 3.8) is 0 Å². The van der Waals surface area contributed by atoms with E-state index in [0.29, 0.717) is 10.7 Å². The lowest BCUT2D eigenvalue weighted by Gasteiger charge is -2.10. The van der Waals surface area contributed by atoms with Crippen molar-refractivity contribution in [1.29, 1.82) is 5.26 Å². The standard InChI is InChI=1S/C8H6ClN3O/c9-7-2-1-3-8(6-7)12(11-13)5-4-10/h1-3,6H,5H2. The second-order valence-electron chi connectivity index (χ2n) is 2.28. The average Bonchev–Trinajstić information content (AvgIpc) is 2.14. The van der Waals surface area contributed by atoms with Gasteiger partial charge in [-0.15, -0.1) is 4.91 Å². The van der Waals surface area contributed by atoms with Gasteiger partial charge in [0.2, 0.25) is 0 Å². The molecule has 0 amide bonds. The molecule has 0 spiro atoms. The van der Waals surface area contributed by atoms with Crippen molar-refractivity contribution in [3.8, 4) is 6.07 Å². The summed E-state index contributed by atoms with van der Waals surface area (Å²) >= 11 is 5.69. The number of anilines is 1. The molecule has 4 nitrogen and oxygen atoms in total. The average molecular weight is 196 g/mol. The summed E-state index contributed by atoms with van der Waals surface area (Å²) in [6.07, 6.45) is 0. The third-order valence-electron chi connectivity index (χ3n) is 1.43. The van der Waals surface area contributed by atoms with Gasteiger partial charge in [-0.3, -0.25) is 0 Å². The molecule has 0 atom stereocenters. The van der Waals surface area contributed by atoms with Crippen molar-refractivity contribution < 1.29 is 0 Å². The highest BCUT2D eigenvalue weighted by Gasteiger charge is 2.04. The summed E-state index contributed by atoms with van der Waals surface area (Å²) in [5.74, 6) is 0. The SMILES string of the molecule is N#CCN(N=O)c1cccc(Cl)c1. The Bertz CT molecular complexity index is 347. The largest absolute Gasteiger partial charge is 0.215 e. The maximum absolute atomic E-state index is 10.3. The number of nitroso groups, excluding NO2 is 1. The Morgan fingerprint density at radius 2 is 2.38 bits per heavy atom. The Morgan fingerprint density at radius 1 is 1.62 bits per heavy atom. The summed E-state index contributed by atoms with van der Waals surface area (Å²) < 4.78 is 0. The molecule has 0 saturated heterocycles. The van der Waals surface area contributed by atoms with Crippen LogP contribution in [-0.4, -0.2) is 6.54 Å². The van der Waals surface area contributed by atoms with E-state index in [0.717, 1.165) is 5.01 Å². The molecule has 0 aromatic heterocycles. The Hall–Kier alpha value is -1.60. The van der Waals surface area contributed by atoms with E-state index >= 15 is 0 Å². The van der Waals surface area contributed by atoms with Crippen LogP contribution in [-0.2, 0) is 0 Å². The van der Waals surface area contributed by atoms with Crippen LogP contribution in [0, 0.1) is 16.2 Å². The van der Waals surface area contributed by atoms with Crippen LogP contribution in [0.1, 0.15) is 0 Å². The Kier molecular flexibility index (Phi) is 3.23. The fourth-order valence-electron chi connectivity index (χ4n) is 0.871. The van der Waals surface area contributed by atoms with E-state index in [9.17, 15) is 4.91 Å². The van der Waals surface area contributed by atoms with Gasteiger partial charge in [0.1, 0.15) is 6.54 Å². The molecule has 0 saturated carbocycles. The van der Waals surface area contributed by atoms with Crippen LogP contribution in [0.3, 0.4) is 0 Å². The maximum Gasteiger partial charge on any atom is 0.131 e. The number of nitriles is 1. The van der Waals surface area contributed by atoms with Gasteiger partial charge in [-0.2, -0.15) is 5.26 Å². The minimum atomic E-state index is -0.0795. The second-order valence-corrected chi connectivity index (χ2v) is 2.71. The van der Waals surface area contributed by atoms with Crippen LogP contribution < -0.4 is 5.01 Å². The molecule has 0 N–H and O–H groups in total. The summed E-state index contributed by atoms with van der Waals surface area (Å²) in [5.41, 5.74) is 0.518. The van der Waals surface area contributed by atoms with E-state index in [2.05, 4.69) is 5.29 Å². The van der Waals surface area contributed by atoms with Crippen LogP contribution in [0.25, 0.3) is 0 Å². The smallest absolute Gasteiger partial charge is 0.131 e. The fourth-order valence-corrected chi connectivity index (χ4v) is 1.06. The van der Waals surface area contributed by atoms with Crippen LogP contribution >= 0.6 is 11.6 Å². The van der Waals surface area contributed by atoms with Gasteiger partial charge >= 0.3 is 0 Å². The number of benzene rings is 1. The minimum Gasteiger partial charge on any atom is -0.215 e. The molecule has 13 heavy (non-hydrogen) atoms. The predicted molar refractivity (Wildman–Crippen MR) is 50.2 cm³/mol. The first-order chi connectivity index (χ1) is 6.27. The van der Waals surface area contributed by atoms with E-state index in [1.165, 1.54) is 0 Å². The number of halogens is 1. The molecule has 0 heterocycles. The number of nitrogens with zero attached hydrogens (tertiary/aromatic N) is 3. The number of rotatable bonds is 3. The Labute approximate surface area is 80.3 Å². The Morgan fingerprint density at radius 3 is 2.92 bits per heavy atom. The summed E-state index contributed by atoms with van der Waals surface area (Å²) in [6.45, 7) is -0.0795. The molecule has 0 aliphatic carbocycles. The van der Waals surface area contributed by atoms with Crippen LogP contribution in [0.4, 0.5) is 5.69 Å². The van der Waals surface area contributed by atoms with Crippen molar-refractivity contribution in [2.24, 2.45) is 5.29 Å². The number of hydrogen-bond acceptors (Lipinski definition) is 3. The zero-order valence-corrected chi connectivity index (χ0v) is 7.40. The highest BCUT2D eigenvalue weighted by Crippen LogP contribution is 2.19. The van der Waals surface area contributed by atoms with Crippen molar-refractivity contribution in [2.45, 2.75) is 0 Å². The third kappa shape index (κ3) is 2.42. The van der Waals surface area contributed by atoms with Crippen LogP contribution in [0.2, 0.25) is 5.02 Å². The third-order valence-corrected chi connectivity index (χ3v) is 1.66. The topological polar surface area (TPSA) is 56.5 Å². The van der Waals surface area contributed by atoms with Gasteiger partial charge in [-0.1, -0.05) is 17.7 Å². The van der Waals surface area contributed by atoms with Gasteiger partial charge < -0.3 is 0 Å². The molecule has 0 unspecified atom stereocenters. The molecule has 1 aromatic rings. The van der Waals surface area contributed by atoms with Gasteiger partial charge in [-0.05, 0) is 18.2 Å². The van der Waals surface area contributed by atoms with E-state index in [-0.39, 0.29) is 6.54 Å². The first-order valence-electron chi connectivity index (χ1n) is 3.51. The summed E-state index contributed by atoms with van der Waals surface area (Å²) in [6, 6.07) is 8.42. The fraction of sp³-hybridized carbons (Fsp3) is 0.125. The lowest BCUT2D eigenvalue weighted by Crippen LogP contribution is -2.14. The summed E-state index contributed by atoms with van der Waals surface area (Å²) in [5, 5.41) is 12.6. The molecule has 0 radical (unpaired) electrons. The molecular formula is C8H6ClN3O.